The van der Waals surface area contributed by atoms with Gasteiger partial charge in [0.2, 0.25) is 0 Å². The molecule has 0 atom stereocenters. The average molecular weight is 406 g/mol. The molecule has 1 amide bonds. The zero-order chi connectivity index (χ0) is 20.8. The lowest BCUT2D eigenvalue weighted by molar-refractivity contribution is -0.131. The van der Waals surface area contributed by atoms with Crippen LogP contribution in [0.15, 0.2) is 72.8 Å². The summed E-state index contributed by atoms with van der Waals surface area (Å²) in [7, 11) is 0. The van der Waals surface area contributed by atoms with Crippen molar-refractivity contribution < 1.29 is 19.5 Å². The van der Waals surface area contributed by atoms with Crippen molar-refractivity contribution in [1.82, 2.24) is 0 Å². The number of hydrogen-bond acceptors (Lipinski definition) is 3. The summed E-state index contributed by atoms with van der Waals surface area (Å²) in [4.78, 5) is 35.7. The third-order valence-corrected chi connectivity index (χ3v) is 4.32. The Hall–Kier alpha value is -3.70. The smallest absolute Gasteiger partial charge is 0.377 e. The lowest BCUT2D eigenvalue weighted by Crippen LogP contribution is -2.18. The van der Waals surface area contributed by atoms with Gasteiger partial charge >= 0.3 is 5.97 Å². The molecule has 0 saturated carbocycles. The second kappa shape index (κ2) is 8.99. The Morgan fingerprint density at radius 1 is 0.828 bits per heavy atom. The van der Waals surface area contributed by atoms with Gasteiger partial charge in [0.15, 0.2) is 0 Å². The van der Waals surface area contributed by atoms with E-state index in [4.69, 9.17) is 16.7 Å². The first-order valence-corrected chi connectivity index (χ1v) is 9.03. The van der Waals surface area contributed by atoms with Crippen molar-refractivity contribution in [1.29, 1.82) is 0 Å². The fourth-order valence-corrected chi connectivity index (χ4v) is 2.87. The van der Waals surface area contributed by atoms with Gasteiger partial charge in [-0.15, -0.1) is 0 Å². The maximum Gasteiger partial charge on any atom is 0.377 e. The molecule has 3 aromatic rings. The van der Waals surface area contributed by atoms with Gasteiger partial charge in [-0.25, -0.2) is 4.79 Å². The van der Waals surface area contributed by atoms with E-state index in [0.717, 1.165) is 5.56 Å². The van der Waals surface area contributed by atoms with Crippen molar-refractivity contribution in [3.8, 4) is 0 Å². The molecule has 3 rings (SSSR count). The molecule has 0 fully saturated rings. The second-order valence-electron chi connectivity index (χ2n) is 6.15. The van der Waals surface area contributed by atoms with Crippen molar-refractivity contribution in [3.05, 3.63) is 100 Å². The van der Waals surface area contributed by atoms with E-state index < -0.39 is 17.7 Å². The molecule has 0 aliphatic carbocycles. The third kappa shape index (κ3) is 5.18. The number of carbonyl (C=O) groups excluding carboxylic acids is 2. The van der Waals surface area contributed by atoms with Gasteiger partial charge in [-0.1, -0.05) is 60.2 Å². The van der Waals surface area contributed by atoms with Crippen molar-refractivity contribution in [2.24, 2.45) is 0 Å². The number of hydrogen-bond donors (Lipinski definition) is 2. The molecule has 0 saturated heterocycles. The van der Waals surface area contributed by atoms with Gasteiger partial charge in [0, 0.05) is 10.6 Å². The van der Waals surface area contributed by atoms with E-state index >= 15 is 0 Å². The molecule has 5 nitrogen and oxygen atoms in total. The van der Waals surface area contributed by atoms with Gasteiger partial charge in [0.25, 0.3) is 11.7 Å². The molecule has 3 aromatic carbocycles. The Kier molecular flexibility index (Phi) is 6.22. The number of ketones is 1. The predicted molar refractivity (Wildman–Crippen MR) is 113 cm³/mol. The third-order valence-electron chi connectivity index (χ3n) is 4.08. The van der Waals surface area contributed by atoms with Crippen LogP contribution in [-0.2, 0) is 4.79 Å². The van der Waals surface area contributed by atoms with E-state index in [0.29, 0.717) is 16.1 Å². The predicted octanol–water partition coefficient (Wildman–Crippen LogP) is 5.03. The molecule has 0 spiro atoms. The standard InChI is InChI=1S/C23H16ClNO4/c24-18-8-4-5-15(13-18)9-10-16-11-12-19(21(26)23(28)29)20(14-16)25-22(27)17-6-2-1-3-7-17/h1-14H,(H,25,27)(H,28,29)/b10-9+. The summed E-state index contributed by atoms with van der Waals surface area (Å²) < 4.78 is 0. The van der Waals surface area contributed by atoms with Crippen molar-refractivity contribution >= 4 is 47.1 Å². The highest BCUT2D eigenvalue weighted by atomic mass is 35.5. The molecule has 0 radical (unpaired) electrons. The van der Waals surface area contributed by atoms with Crippen LogP contribution in [0.25, 0.3) is 12.2 Å². The van der Waals surface area contributed by atoms with Crippen LogP contribution in [0.5, 0.6) is 0 Å². The van der Waals surface area contributed by atoms with E-state index in [9.17, 15) is 14.4 Å². The zero-order valence-electron chi connectivity index (χ0n) is 15.1. The van der Waals surface area contributed by atoms with Crippen LogP contribution in [0.3, 0.4) is 0 Å². The molecule has 144 valence electrons. The minimum absolute atomic E-state index is 0.0957. The number of benzene rings is 3. The largest absolute Gasteiger partial charge is 0.475 e. The number of carbonyl (C=O) groups is 3. The molecule has 0 aliphatic rings. The van der Waals surface area contributed by atoms with Gasteiger partial charge in [-0.05, 0) is 47.5 Å². The SMILES string of the molecule is O=C(O)C(=O)c1ccc(/C=C/c2cccc(Cl)c2)cc1NC(=O)c1ccccc1. The molecule has 0 unspecified atom stereocenters. The number of aliphatic carboxylic acids is 1. The van der Waals surface area contributed by atoms with Crippen LogP contribution >= 0.6 is 11.6 Å². The number of amides is 1. The first-order chi connectivity index (χ1) is 13.9. The average Bonchev–Trinajstić information content (AvgIpc) is 2.72. The maximum absolute atomic E-state index is 12.5. The summed E-state index contributed by atoms with van der Waals surface area (Å²) in [6.07, 6.45) is 3.60. The number of nitrogens with one attached hydrogen (secondary N) is 1. The van der Waals surface area contributed by atoms with Crippen molar-refractivity contribution in [2.45, 2.75) is 0 Å². The topological polar surface area (TPSA) is 83.5 Å². The van der Waals surface area contributed by atoms with Crippen LogP contribution in [0.2, 0.25) is 5.02 Å². The van der Waals surface area contributed by atoms with E-state index in [1.165, 1.54) is 6.07 Å². The molecular formula is C23H16ClNO4. The van der Waals surface area contributed by atoms with Gasteiger partial charge in [-0.3, -0.25) is 9.59 Å². The summed E-state index contributed by atoms with van der Waals surface area (Å²) in [5.74, 6) is -3.14. The Morgan fingerprint density at radius 3 is 2.17 bits per heavy atom. The summed E-state index contributed by atoms with van der Waals surface area (Å²) in [6.45, 7) is 0. The lowest BCUT2D eigenvalue weighted by atomic mass is 10.0. The molecule has 0 heterocycles. The van der Waals surface area contributed by atoms with Crippen LogP contribution in [-0.4, -0.2) is 22.8 Å². The van der Waals surface area contributed by atoms with Crippen LogP contribution in [0.1, 0.15) is 31.8 Å². The zero-order valence-corrected chi connectivity index (χ0v) is 15.9. The Morgan fingerprint density at radius 2 is 1.52 bits per heavy atom. The minimum atomic E-state index is -1.59. The van der Waals surface area contributed by atoms with E-state index in [1.807, 2.05) is 18.2 Å². The fraction of sp³-hybridized carbons (Fsp3) is 0. The second-order valence-corrected chi connectivity index (χ2v) is 6.58. The van der Waals surface area contributed by atoms with Crippen molar-refractivity contribution in [2.75, 3.05) is 5.32 Å². The van der Waals surface area contributed by atoms with Crippen molar-refractivity contribution in [3.63, 3.8) is 0 Å². The van der Waals surface area contributed by atoms with Gasteiger partial charge in [-0.2, -0.15) is 0 Å². The number of carboxylic acids is 1. The number of rotatable bonds is 6. The fourth-order valence-electron chi connectivity index (χ4n) is 2.67. The molecule has 6 heteroatoms. The van der Waals surface area contributed by atoms with E-state index in [2.05, 4.69) is 5.32 Å². The normalized spacial score (nSPS) is 10.7. The van der Waals surface area contributed by atoms with E-state index in [-0.39, 0.29) is 11.3 Å². The first kappa shape index (κ1) is 20.0. The van der Waals surface area contributed by atoms with Gasteiger partial charge < -0.3 is 10.4 Å². The van der Waals surface area contributed by atoms with Crippen LogP contribution < -0.4 is 5.32 Å². The highest BCUT2D eigenvalue weighted by molar-refractivity contribution is 6.41. The van der Waals surface area contributed by atoms with E-state index in [1.54, 1.807) is 60.7 Å². The Labute approximate surface area is 172 Å². The number of Topliss-reactive ketones (excluding diaryl/α,β-unsaturated/α-hetero) is 1. The molecule has 0 bridgehead atoms. The molecular weight excluding hydrogens is 390 g/mol. The number of anilines is 1. The first-order valence-electron chi connectivity index (χ1n) is 8.66. The Balaban J connectivity index is 1.94. The monoisotopic (exact) mass is 405 g/mol. The minimum Gasteiger partial charge on any atom is -0.475 e. The maximum atomic E-state index is 12.5. The van der Waals surface area contributed by atoms with Gasteiger partial charge in [0.1, 0.15) is 0 Å². The quantitative estimate of drug-likeness (QED) is 0.342. The number of halogens is 1. The Bertz CT molecular complexity index is 1110. The highest BCUT2D eigenvalue weighted by Gasteiger charge is 2.20. The molecule has 0 aromatic heterocycles. The molecule has 2 N–H and O–H groups in total. The summed E-state index contributed by atoms with van der Waals surface area (Å²) in [5, 5.41) is 12.3. The number of carboxylic acid groups (broad SMARTS) is 1. The lowest BCUT2D eigenvalue weighted by Gasteiger charge is -2.10. The molecule has 0 aliphatic heterocycles. The van der Waals surface area contributed by atoms with Gasteiger partial charge in [0.05, 0.1) is 11.3 Å². The highest BCUT2D eigenvalue weighted by Crippen LogP contribution is 2.22. The molecule has 29 heavy (non-hydrogen) atoms. The summed E-state index contributed by atoms with van der Waals surface area (Å²) in [5.41, 5.74) is 1.97. The summed E-state index contributed by atoms with van der Waals surface area (Å²) >= 11 is 5.98. The van der Waals surface area contributed by atoms with Crippen LogP contribution in [0.4, 0.5) is 5.69 Å². The van der Waals surface area contributed by atoms with Crippen LogP contribution in [0, 0.1) is 0 Å². The summed E-state index contributed by atoms with van der Waals surface area (Å²) in [6, 6.07) is 20.2.